The van der Waals surface area contributed by atoms with Crippen LogP contribution in [0.5, 0.6) is 46.0 Å². The summed E-state index contributed by atoms with van der Waals surface area (Å²) < 4.78 is 51.2. The first-order valence-electron chi connectivity index (χ1n) is 13.8. The quantitative estimate of drug-likeness (QED) is 0.104. The molecule has 5 aromatic carbocycles. The van der Waals surface area contributed by atoms with Gasteiger partial charge in [-0.1, -0.05) is 66.7 Å². The second kappa shape index (κ2) is 15.8. The summed E-state index contributed by atoms with van der Waals surface area (Å²) in [5.74, 6) is 3.98. The molecule has 0 saturated carbocycles. The van der Waals surface area contributed by atoms with E-state index in [2.05, 4.69) is 0 Å². The van der Waals surface area contributed by atoms with Crippen molar-refractivity contribution in [2.75, 3.05) is 32.9 Å². The van der Waals surface area contributed by atoms with E-state index < -0.39 is 17.1 Å². The Balaban J connectivity index is 1.69. The highest BCUT2D eigenvalue weighted by Crippen LogP contribution is 2.62. The van der Waals surface area contributed by atoms with Crippen molar-refractivity contribution in [1.82, 2.24) is 0 Å². The number of hydrogen-bond donors (Lipinski definition) is 0. The van der Waals surface area contributed by atoms with E-state index in [1.807, 2.05) is 132 Å². The summed E-state index contributed by atoms with van der Waals surface area (Å²) in [6, 6.07) is 39.1. The minimum absolute atomic E-state index is 0.464. The lowest BCUT2D eigenvalue weighted by molar-refractivity contribution is 0.374. The van der Waals surface area contributed by atoms with E-state index >= 15 is 0 Å². The first-order chi connectivity index (χ1) is 22.1. The van der Waals surface area contributed by atoms with Crippen LogP contribution in [0.1, 0.15) is 0 Å². The summed E-state index contributed by atoms with van der Waals surface area (Å²) in [6.45, 7) is 0. The Hall–Kier alpha value is -4.84. The van der Waals surface area contributed by atoms with Crippen molar-refractivity contribution in [3.8, 4) is 46.0 Å². The predicted octanol–water partition coefficient (Wildman–Crippen LogP) is 9.30. The fourth-order valence-electron chi connectivity index (χ4n) is 4.11. The Morgan fingerprint density at radius 2 is 0.578 bits per heavy atom. The number of anilines is 1. The van der Waals surface area contributed by atoms with E-state index in [0.29, 0.717) is 51.7 Å². The van der Waals surface area contributed by atoms with Crippen LogP contribution in [-0.4, -0.2) is 28.4 Å². The van der Waals surface area contributed by atoms with Gasteiger partial charge in [-0.25, -0.2) is 0 Å². The zero-order valence-corrected chi connectivity index (χ0v) is 27.0. The van der Waals surface area contributed by atoms with Gasteiger partial charge in [0, 0.05) is 0 Å². The van der Waals surface area contributed by atoms with E-state index in [1.54, 1.807) is 28.4 Å². The number of para-hydroxylation sites is 9. The molecule has 5 aromatic rings. The first-order valence-corrected chi connectivity index (χ1v) is 16.1. The van der Waals surface area contributed by atoms with Crippen LogP contribution >= 0.6 is 17.1 Å². The lowest BCUT2D eigenvalue weighted by Crippen LogP contribution is -2.22. The summed E-state index contributed by atoms with van der Waals surface area (Å²) in [4.78, 5) is 0. The summed E-state index contributed by atoms with van der Waals surface area (Å²) in [6.07, 6.45) is 0. The predicted molar refractivity (Wildman–Crippen MR) is 177 cm³/mol. The van der Waals surface area contributed by atoms with Crippen molar-refractivity contribution in [3.63, 3.8) is 0 Å². The number of rotatable bonds is 15. The average Bonchev–Trinajstić information content (AvgIpc) is 3.09. The van der Waals surface area contributed by atoms with Crippen LogP contribution in [0.4, 0.5) is 5.69 Å². The molecule has 0 bridgehead atoms. The van der Waals surface area contributed by atoms with Crippen molar-refractivity contribution >= 4 is 22.7 Å². The van der Waals surface area contributed by atoms with Crippen LogP contribution < -0.4 is 41.5 Å². The van der Waals surface area contributed by atoms with Gasteiger partial charge >= 0.3 is 17.1 Å². The molecule has 0 spiro atoms. The number of methoxy groups -OCH3 is 4. The smallest absolute Gasteiger partial charge is 0.426 e. The number of nitrogens with zero attached hydrogens (tertiary/aromatic N) is 1. The molecule has 0 aliphatic rings. The fourth-order valence-corrected chi connectivity index (χ4v) is 7.33. The monoisotopic (exact) mass is 645 g/mol. The van der Waals surface area contributed by atoms with Gasteiger partial charge in [-0.15, -0.1) is 0 Å². The van der Waals surface area contributed by atoms with Gasteiger partial charge in [-0.05, 0) is 60.7 Å². The highest BCUT2D eigenvalue weighted by atomic mass is 31.2. The number of ether oxygens (including phenoxy) is 4. The Kier molecular flexibility index (Phi) is 11.1. The van der Waals surface area contributed by atoms with Crippen molar-refractivity contribution in [2.45, 2.75) is 0 Å². The lowest BCUT2D eigenvalue weighted by atomic mass is 10.3. The molecule has 5 rings (SSSR count). The molecular weight excluding hydrogens is 612 g/mol. The molecule has 9 nitrogen and oxygen atoms in total. The third kappa shape index (κ3) is 7.82. The molecular formula is C34H33NO8P2. The van der Waals surface area contributed by atoms with Crippen molar-refractivity contribution < 1.29 is 37.0 Å². The van der Waals surface area contributed by atoms with E-state index in [1.165, 1.54) is 0 Å². The molecule has 0 radical (unpaired) electrons. The maximum absolute atomic E-state index is 6.71. The molecule has 0 atom stereocenters. The molecule has 0 aliphatic heterocycles. The molecule has 232 valence electrons. The van der Waals surface area contributed by atoms with Crippen LogP contribution in [-0.2, 0) is 0 Å². The molecule has 45 heavy (non-hydrogen) atoms. The number of benzene rings is 5. The molecule has 11 heteroatoms. The molecule has 0 unspecified atom stereocenters. The third-order valence-corrected chi connectivity index (χ3v) is 9.65. The fraction of sp³-hybridized carbons (Fsp3) is 0.118. The van der Waals surface area contributed by atoms with E-state index in [-0.39, 0.29) is 0 Å². The van der Waals surface area contributed by atoms with Crippen LogP contribution in [0, 0.1) is 0 Å². The largest absolute Gasteiger partial charge is 0.493 e. The highest BCUT2D eigenvalue weighted by Gasteiger charge is 2.40. The minimum Gasteiger partial charge on any atom is -0.493 e. The van der Waals surface area contributed by atoms with Crippen LogP contribution in [0.15, 0.2) is 127 Å². The topological polar surface area (TPSA) is 77.1 Å². The maximum Gasteiger partial charge on any atom is 0.426 e. The molecule has 0 heterocycles. The Morgan fingerprint density at radius 3 is 0.844 bits per heavy atom. The third-order valence-electron chi connectivity index (χ3n) is 6.28. The van der Waals surface area contributed by atoms with E-state index in [4.69, 9.17) is 37.0 Å². The summed E-state index contributed by atoms with van der Waals surface area (Å²) >= 11 is 0. The molecule has 0 aromatic heterocycles. The zero-order valence-electron chi connectivity index (χ0n) is 25.2. The van der Waals surface area contributed by atoms with E-state index in [9.17, 15) is 0 Å². The molecule has 0 N–H and O–H groups in total. The maximum atomic E-state index is 6.71. The molecule has 0 amide bonds. The van der Waals surface area contributed by atoms with Gasteiger partial charge < -0.3 is 37.0 Å². The SMILES string of the molecule is COc1ccccc1OP(Oc1ccccc1OC)N(c1ccccc1)P(Oc1ccccc1OC)Oc1ccccc1OC. The molecule has 0 fully saturated rings. The van der Waals surface area contributed by atoms with E-state index in [0.717, 1.165) is 0 Å². The minimum atomic E-state index is -2.09. The average molecular weight is 646 g/mol. The van der Waals surface area contributed by atoms with Gasteiger partial charge in [0.25, 0.3) is 0 Å². The van der Waals surface area contributed by atoms with Gasteiger partial charge in [-0.2, -0.15) is 4.44 Å². The van der Waals surface area contributed by atoms with Crippen molar-refractivity contribution in [2.24, 2.45) is 0 Å². The summed E-state index contributed by atoms with van der Waals surface area (Å²) in [5, 5.41) is 0. The van der Waals surface area contributed by atoms with Gasteiger partial charge in [0.2, 0.25) is 0 Å². The molecule has 0 saturated heterocycles. The van der Waals surface area contributed by atoms with Gasteiger partial charge in [-0.3, -0.25) is 0 Å². The summed E-state index contributed by atoms with van der Waals surface area (Å²) in [7, 11) is 2.17. The highest BCUT2D eigenvalue weighted by molar-refractivity contribution is 7.68. The zero-order chi connectivity index (χ0) is 31.4. The van der Waals surface area contributed by atoms with Crippen molar-refractivity contribution in [1.29, 1.82) is 0 Å². The molecule has 0 aliphatic carbocycles. The normalized spacial score (nSPS) is 10.6. The Labute approximate surface area is 265 Å². The lowest BCUT2D eigenvalue weighted by Gasteiger charge is -2.34. The summed E-state index contributed by atoms with van der Waals surface area (Å²) in [5.41, 5.74) is 0.712. The first kappa shape index (κ1) is 31.6. The van der Waals surface area contributed by atoms with Crippen LogP contribution in [0.2, 0.25) is 0 Å². The second-order valence-corrected chi connectivity index (χ2v) is 11.9. The van der Waals surface area contributed by atoms with Crippen molar-refractivity contribution in [3.05, 3.63) is 127 Å². The van der Waals surface area contributed by atoms with Gasteiger partial charge in [0.1, 0.15) is 0 Å². The van der Waals surface area contributed by atoms with Crippen LogP contribution in [0.3, 0.4) is 0 Å². The van der Waals surface area contributed by atoms with Gasteiger partial charge in [0.05, 0.1) is 34.1 Å². The second-order valence-electron chi connectivity index (χ2n) is 9.07. The van der Waals surface area contributed by atoms with Gasteiger partial charge in [0.15, 0.2) is 46.0 Å². The van der Waals surface area contributed by atoms with Crippen LogP contribution in [0.25, 0.3) is 0 Å². The standard InChI is InChI=1S/C34H33NO8P2/c1-36-27-18-8-12-22-31(27)40-44(41-32-23-13-9-19-28(32)37-2)35(26-16-6-5-7-17-26)45(42-33-24-14-10-20-29(33)38-3)43-34-25-15-11-21-30(34)39-4/h5-25H,1-4H3. The number of hydrogen-bond acceptors (Lipinski definition) is 9. The Bertz CT molecular complexity index is 1460. The Morgan fingerprint density at radius 1 is 0.333 bits per heavy atom.